The van der Waals surface area contributed by atoms with Gasteiger partial charge in [-0.3, -0.25) is 5.32 Å². The van der Waals surface area contributed by atoms with Crippen molar-refractivity contribution in [3.05, 3.63) is 58.7 Å². The van der Waals surface area contributed by atoms with Crippen LogP contribution in [0, 0.1) is 27.7 Å². The Kier molecular flexibility index (Phi) is 4.81. The van der Waals surface area contributed by atoms with E-state index in [0.29, 0.717) is 5.13 Å². The fourth-order valence-corrected chi connectivity index (χ4v) is 3.08. The number of nitrogens with one attached hydrogen (secondary N) is 2. The van der Waals surface area contributed by atoms with Crippen molar-refractivity contribution in [1.29, 1.82) is 0 Å². The second kappa shape index (κ2) is 7.03. The van der Waals surface area contributed by atoms with Gasteiger partial charge in [0.05, 0.1) is 0 Å². The molecular weight excluding hydrogens is 332 g/mol. The predicted octanol–water partition coefficient (Wildman–Crippen LogP) is 5.08. The molecule has 3 rings (SSSR count). The lowest BCUT2D eigenvalue weighted by Crippen LogP contribution is -2.19. The van der Waals surface area contributed by atoms with Crippen molar-refractivity contribution in [1.82, 2.24) is 10.2 Å². The fraction of sp³-hybridized carbons (Fsp3) is 0.211. The van der Waals surface area contributed by atoms with Gasteiger partial charge in [-0.25, -0.2) is 4.79 Å². The monoisotopic (exact) mass is 352 g/mol. The predicted molar refractivity (Wildman–Crippen MR) is 103 cm³/mol. The van der Waals surface area contributed by atoms with Crippen LogP contribution in [0.25, 0.3) is 10.6 Å². The van der Waals surface area contributed by atoms with E-state index in [-0.39, 0.29) is 6.03 Å². The largest absolute Gasteiger partial charge is 0.325 e. The van der Waals surface area contributed by atoms with Gasteiger partial charge in [0.25, 0.3) is 0 Å². The molecule has 1 heterocycles. The van der Waals surface area contributed by atoms with Gasteiger partial charge in [-0.15, -0.1) is 10.2 Å². The molecule has 3 aromatic rings. The third-order valence-electron chi connectivity index (χ3n) is 4.16. The molecule has 0 aliphatic heterocycles. The Hall–Kier alpha value is -2.73. The number of aromatic nitrogens is 2. The number of carbonyl (C=O) groups excluding carboxylic acids is 1. The molecule has 2 amide bonds. The highest BCUT2D eigenvalue weighted by Crippen LogP contribution is 2.27. The molecule has 2 N–H and O–H groups in total. The quantitative estimate of drug-likeness (QED) is 0.690. The molecule has 0 atom stereocenters. The molecule has 6 heteroatoms. The van der Waals surface area contributed by atoms with Gasteiger partial charge in [-0.2, -0.15) is 0 Å². The topological polar surface area (TPSA) is 66.9 Å². The van der Waals surface area contributed by atoms with Crippen molar-refractivity contribution in [3.8, 4) is 10.6 Å². The molecule has 0 aliphatic rings. The minimum atomic E-state index is -0.328. The molecule has 128 valence electrons. The average Bonchev–Trinajstić information content (AvgIpc) is 3.02. The molecular formula is C19H20N4OS. The average molecular weight is 352 g/mol. The zero-order valence-corrected chi connectivity index (χ0v) is 15.5. The van der Waals surface area contributed by atoms with Crippen LogP contribution < -0.4 is 10.6 Å². The fourth-order valence-electron chi connectivity index (χ4n) is 2.34. The summed E-state index contributed by atoms with van der Waals surface area (Å²) in [5.41, 5.74) is 6.51. The van der Waals surface area contributed by atoms with Crippen LogP contribution in [0.15, 0.2) is 36.4 Å². The van der Waals surface area contributed by atoms with Crippen LogP contribution in [0.2, 0.25) is 0 Å². The van der Waals surface area contributed by atoms with Crippen LogP contribution in [0.5, 0.6) is 0 Å². The minimum absolute atomic E-state index is 0.328. The maximum absolute atomic E-state index is 12.1. The maximum atomic E-state index is 12.1. The summed E-state index contributed by atoms with van der Waals surface area (Å²) < 4.78 is 0. The molecule has 0 unspecified atom stereocenters. The molecule has 25 heavy (non-hydrogen) atoms. The lowest BCUT2D eigenvalue weighted by atomic mass is 10.1. The number of hydrogen-bond acceptors (Lipinski definition) is 4. The molecule has 0 aliphatic carbocycles. The summed E-state index contributed by atoms with van der Waals surface area (Å²) >= 11 is 1.35. The molecule has 0 spiro atoms. The van der Waals surface area contributed by atoms with Gasteiger partial charge in [-0.1, -0.05) is 29.5 Å². The van der Waals surface area contributed by atoms with E-state index in [0.717, 1.165) is 21.8 Å². The zero-order chi connectivity index (χ0) is 18.0. The summed E-state index contributed by atoms with van der Waals surface area (Å²) in [6, 6.07) is 11.6. The van der Waals surface area contributed by atoms with E-state index in [9.17, 15) is 4.79 Å². The van der Waals surface area contributed by atoms with Crippen LogP contribution in [-0.2, 0) is 0 Å². The van der Waals surface area contributed by atoms with Gasteiger partial charge in [-0.05, 0) is 68.1 Å². The molecule has 0 saturated carbocycles. The van der Waals surface area contributed by atoms with Gasteiger partial charge in [0.15, 0.2) is 0 Å². The normalized spacial score (nSPS) is 10.6. The Morgan fingerprint density at radius 3 is 2.20 bits per heavy atom. The van der Waals surface area contributed by atoms with Crippen LogP contribution in [0.3, 0.4) is 0 Å². The van der Waals surface area contributed by atoms with Gasteiger partial charge >= 0.3 is 6.03 Å². The van der Waals surface area contributed by atoms with E-state index in [1.807, 2.05) is 38.1 Å². The van der Waals surface area contributed by atoms with E-state index in [1.165, 1.54) is 28.0 Å². The highest BCUT2D eigenvalue weighted by atomic mass is 32.1. The highest BCUT2D eigenvalue weighted by Gasteiger charge is 2.10. The first-order valence-corrected chi connectivity index (χ1v) is 8.80. The van der Waals surface area contributed by atoms with Crippen molar-refractivity contribution in [2.24, 2.45) is 0 Å². The van der Waals surface area contributed by atoms with Crippen molar-refractivity contribution < 1.29 is 4.79 Å². The number of rotatable bonds is 3. The van der Waals surface area contributed by atoms with Gasteiger partial charge in [0.2, 0.25) is 5.13 Å². The second-order valence-electron chi connectivity index (χ2n) is 6.09. The maximum Gasteiger partial charge on any atom is 0.325 e. The lowest BCUT2D eigenvalue weighted by Gasteiger charge is -2.07. The summed E-state index contributed by atoms with van der Waals surface area (Å²) in [5, 5.41) is 15.0. The Morgan fingerprint density at radius 2 is 1.52 bits per heavy atom. The number of aryl methyl sites for hydroxylation is 4. The number of anilines is 2. The number of carbonyl (C=O) groups is 1. The summed E-state index contributed by atoms with van der Waals surface area (Å²) in [5.74, 6) is 0. The van der Waals surface area contributed by atoms with E-state index >= 15 is 0 Å². The van der Waals surface area contributed by atoms with Gasteiger partial charge in [0.1, 0.15) is 5.01 Å². The van der Waals surface area contributed by atoms with Crippen molar-refractivity contribution in [2.75, 3.05) is 10.6 Å². The van der Waals surface area contributed by atoms with Crippen molar-refractivity contribution in [2.45, 2.75) is 27.7 Å². The molecule has 2 aromatic carbocycles. The van der Waals surface area contributed by atoms with Crippen molar-refractivity contribution in [3.63, 3.8) is 0 Å². The first-order chi connectivity index (χ1) is 11.9. The van der Waals surface area contributed by atoms with Crippen LogP contribution >= 0.6 is 11.3 Å². The van der Waals surface area contributed by atoms with Gasteiger partial charge in [0, 0.05) is 11.3 Å². The minimum Gasteiger partial charge on any atom is -0.308 e. The number of urea groups is 1. The SMILES string of the molecule is Cc1ccc(NC(=O)Nc2nnc(-c3ccc(C)c(C)c3)s2)cc1C. The van der Waals surface area contributed by atoms with Gasteiger partial charge < -0.3 is 5.32 Å². The lowest BCUT2D eigenvalue weighted by molar-refractivity contribution is 0.262. The zero-order valence-electron chi connectivity index (χ0n) is 14.7. The summed E-state index contributed by atoms with van der Waals surface area (Å²) in [6.07, 6.45) is 0. The van der Waals surface area contributed by atoms with Crippen LogP contribution in [0.4, 0.5) is 15.6 Å². The molecule has 5 nitrogen and oxygen atoms in total. The number of amides is 2. The molecule has 0 radical (unpaired) electrons. The standard InChI is InChI=1S/C19H20N4OS/c1-11-5-7-15(9-13(11)3)17-22-23-19(25-17)21-18(24)20-16-8-6-12(2)14(4)10-16/h5-10H,1-4H3,(H2,20,21,23,24). The molecule has 1 aromatic heterocycles. The smallest absolute Gasteiger partial charge is 0.308 e. The van der Waals surface area contributed by atoms with E-state index in [2.05, 4.69) is 46.8 Å². The third kappa shape index (κ3) is 4.03. The second-order valence-corrected chi connectivity index (χ2v) is 7.07. The van der Waals surface area contributed by atoms with Crippen LogP contribution in [0.1, 0.15) is 22.3 Å². The Balaban J connectivity index is 1.69. The van der Waals surface area contributed by atoms with E-state index in [4.69, 9.17) is 0 Å². The molecule has 0 bridgehead atoms. The molecule has 0 saturated heterocycles. The van der Waals surface area contributed by atoms with E-state index < -0.39 is 0 Å². The summed E-state index contributed by atoms with van der Waals surface area (Å²) in [6.45, 7) is 8.19. The highest BCUT2D eigenvalue weighted by molar-refractivity contribution is 7.18. The first-order valence-electron chi connectivity index (χ1n) is 7.99. The Bertz CT molecular complexity index is 933. The summed E-state index contributed by atoms with van der Waals surface area (Å²) in [7, 11) is 0. The third-order valence-corrected chi connectivity index (χ3v) is 5.05. The van der Waals surface area contributed by atoms with E-state index in [1.54, 1.807) is 0 Å². The number of nitrogens with zero attached hydrogens (tertiary/aromatic N) is 2. The number of hydrogen-bond donors (Lipinski definition) is 2. The van der Waals surface area contributed by atoms with Crippen molar-refractivity contribution >= 4 is 28.2 Å². The number of benzene rings is 2. The first kappa shape index (κ1) is 17.1. The Morgan fingerprint density at radius 1 is 0.840 bits per heavy atom. The van der Waals surface area contributed by atoms with Crippen LogP contribution in [-0.4, -0.2) is 16.2 Å². The summed E-state index contributed by atoms with van der Waals surface area (Å²) in [4.78, 5) is 12.1. The molecule has 0 fully saturated rings. The Labute approximate surface area is 151 Å².